The molecule has 2 N–H and O–H groups in total. The van der Waals surface area contributed by atoms with Crippen molar-refractivity contribution in [3.63, 3.8) is 0 Å². The summed E-state index contributed by atoms with van der Waals surface area (Å²) in [6.07, 6.45) is 0. The van der Waals surface area contributed by atoms with Crippen LogP contribution in [0, 0.1) is 0 Å². The van der Waals surface area contributed by atoms with E-state index < -0.39 is 24.4 Å². The average molecular weight is 416 g/mol. The molecular weight excluding hydrogens is 403 g/mol. The maximum atomic E-state index is 11.8. The predicted octanol–water partition coefficient (Wildman–Crippen LogP) is 3.56. The van der Waals surface area contributed by atoms with Crippen molar-refractivity contribution in [3.05, 3.63) is 63.1 Å². The van der Waals surface area contributed by atoms with Gasteiger partial charge in [0, 0.05) is 26.3 Å². The van der Waals surface area contributed by atoms with Gasteiger partial charge in [-0.3, -0.25) is 14.4 Å². The normalized spacial score (nSPS) is 10.1. The largest absolute Gasteiger partial charge is 0.454 e. The van der Waals surface area contributed by atoms with Crippen LogP contribution < -0.4 is 10.6 Å². The molecule has 2 aromatic carbocycles. The summed E-state index contributed by atoms with van der Waals surface area (Å²) in [7, 11) is 0. The second-order valence-electron chi connectivity index (χ2n) is 5.06. The van der Waals surface area contributed by atoms with Crippen molar-refractivity contribution in [1.29, 1.82) is 0 Å². The number of hydrogen-bond donors (Lipinski definition) is 2. The Hall–Kier alpha value is -2.28. The third-order valence-electron chi connectivity index (χ3n) is 3.01. The highest BCUT2D eigenvalue weighted by atomic mass is 35.5. The van der Waals surface area contributed by atoms with Gasteiger partial charge in [-0.1, -0.05) is 34.8 Å². The number of nitrogens with one attached hydrogen (secondary N) is 2. The average Bonchev–Trinajstić information content (AvgIpc) is 2.57. The first kappa shape index (κ1) is 20.0. The summed E-state index contributed by atoms with van der Waals surface area (Å²) in [6, 6.07) is 10.7. The highest BCUT2D eigenvalue weighted by Crippen LogP contribution is 2.22. The molecule has 9 heteroatoms. The van der Waals surface area contributed by atoms with Crippen molar-refractivity contribution < 1.29 is 19.1 Å². The Morgan fingerprint density at radius 2 is 1.50 bits per heavy atom. The zero-order chi connectivity index (χ0) is 19.1. The molecular formula is C17H13Cl3N2O4. The van der Waals surface area contributed by atoms with Crippen LogP contribution in [0.2, 0.25) is 15.1 Å². The number of esters is 1. The lowest BCUT2D eigenvalue weighted by molar-refractivity contribution is -0.146. The molecule has 6 nitrogen and oxygen atoms in total. The summed E-state index contributed by atoms with van der Waals surface area (Å²) in [5, 5.41) is 6.08. The van der Waals surface area contributed by atoms with Crippen LogP contribution in [0.1, 0.15) is 10.4 Å². The second kappa shape index (κ2) is 9.43. The molecule has 0 aliphatic rings. The van der Waals surface area contributed by atoms with Crippen molar-refractivity contribution in [2.24, 2.45) is 0 Å². The SMILES string of the molecule is O=C(COC(=O)CNC(=O)c1ccc(Cl)cc1)Nc1cc(Cl)cc(Cl)c1. The molecule has 2 rings (SSSR count). The Kier molecular flexibility index (Phi) is 7.26. The molecule has 0 atom stereocenters. The van der Waals surface area contributed by atoms with Gasteiger partial charge in [0.1, 0.15) is 6.54 Å². The van der Waals surface area contributed by atoms with Crippen LogP contribution in [0.15, 0.2) is 42.5 Å². The molecule has 136 valence electrons. The van der Waals surface area contributed by atoms with Crippen molar-refractivity contribution in [2.75, 3.05) is 18.5 Å². The van der Waals surface area contributed by atoms with Crippen LogP contribution in [0.5, 0.6) is 0 Å². The van der Waals surface area contributed by atoms with Gasteiger partial charge >= 0.3 is 5.97 Å². The fourth-order valence-electron chi connectivity index (χ4n) is 1.88. The summed E-state index contributed by atoms with van der Waals surface area (Å²) in [5.74, 6) is -1.79. The van der Waals surface area contributed by atoms with E-state index >= 15 is 0 Å². The molecule has 0 aliphatic heterocycles. The summed E-state index contributed by atoms with van der Waals surface area (Å²) in [5.41, 5.74) is 0.720. The Balaban J connectivity index is 1.74. The van der Waals surface area contributed by atoms with E-state index in [1.54, 1.807) is 12.1 Å². The van der Waals surface area contributed by atoms with E-state index in [0.29, 0.717) is 26.3 Å². The van der Waals surface area contributed by atoms with Gasteiger partial charge in [0.25, 0.3) is 11.8 Å². The summed E-state index contributed by atoms with van der Waals surface area (Å²) < 4.78 is 4.79. The fraction of sp³-hybridized carbons (Fsp3) is 0.118. The van der Waals surface area contributed by atoms with Gasteiger partial charge < -0.3 is 15.4 Å². The molecule has 2 amide bonds. The molecule has 0 radical (unpaired) electrons. The number of ether oxygens (including phenoxy) is 1. The standard InChI is InChI=1S/C17H13Cl3N2O4/c18-11-3-1-10(2-4-11)17(25)21-8-16(24)26-9-15(23)22-14-6-12(19)5-13(20)7-14/h1-7H,8-9H2,(H,21,25)(H,22,23). The lowest BCUT2D eigenvalue weighted by Crippen LogP contribution is -2.32. The quantitative estimate of drug-likeness (QED) is 0.707. The number of halogens is 3. The minimum atomic E-state index is -0.758. The highest BCUT2D eigenvalue weighted by molar-refractivity contribution is 6.35. The Labute approximate surface area is 164 Å². The van der Waals surface area contributed by atoms with Crippen molar-refractivity contribution in [1.82, 2.24) is 5.32 Å². The van der Waals surface area contributed by atoms with Crippen LogP contribution in [-0.4, -0.2) is 30.9 Å². The van der Waals surface area contributed by atoms with Crippen LogP contribution in [0.4, 0.5) is 5.69 Å². The van der Waals surface area contributed by atoms with Crippen molar-refractivity contribution in [2.45, 2.75) is 0 Å². The lowest BCUT2D eigenvalue weighted by Gasteiger charge is -2.08. The van der Waals surface area contributed by atoms with Crippen LogP contribution >= 0.6 is 34.8 Å². The minimum absolute atomic E-state index is 0.345. The summed E-state index contributed by atoms with van der Waals surface area (Å²) in [4.78, 5) is 35.2. The number of hydrogen-bond acceptors (Lipinski definition) is 4. The summed E-state index contributed by atoms with van der Waals surface area (Å²) in [6.45, 7) is -0.891. The Morgan fingerprint density at radius 3 is 2.12 bits per heavy atom. The van der Waals surface area contributed by atoms with E-state index in [9.17, 15) is 14.4 Å². The minimum Gasteiger partial charge on any atom is -0.454 e. The van der Waals surface area contributed by atoms with E-state index in [4.69, 9.17) is 39.5 Å². The molecule has 0 saturated carbocycles. The molecule has 0 aliphatic carbocycles. The Morgan fingerprint density at radius 1 is 0.885 bits per heavy atom. The highest BCUT2D eigenvalue weighted by Gasteiger charge is 2.11. The van der Waals surface area contributed by atoms with E-state index in [1.807, 2.05) is 0 Å². The molecule has 0 bridgehead atoms. The zero-order valence-electron chi connectivity index (χ0n) is 13.2. The van der Waals surface area contributed by atoms with Gasteiger partial charge in [-0.15, -0.1) is 0 Å². The van der Waals surface area contributed by atoms with Crippen LogP contribution in [0.3, 0.4) is 0 Å². The number of rotatable bonds is 6. The van der Waals surface area contributed by atoms with Gasteiger partial charge in [0.2, 0.25) is 0 Å². The number of carbonyl (C=O) groups excluding carboxylic acids is 3. The first-order valence-electron chi connectivity index (χ1n) is 7.29. The third kappa shape index (κ3) is 6.55. The molecule has 0 aromatic heterocycles. The van der Waals surface area contributed by atoms with E-state index in [2.05, 4.69) is 10.6 Å². The fourth-order valence-corrected chi connectivity index (χ4v) is 2.53. The van der Waals surface area contributed by atoms with Crippen LogP contribution in [0.25, 0.3) is 0 Å². The molecule has 0 fully saturated rings. The number of carbonyl (C=O) groups is 3. The van der Waals surface area contributed by atoms with E-state index in [-0.39, 0.29) is 6.54 Å². The molecule has 0 heterocycles. The molecule has 26 heavy (non-hydrogen) atoms. The third-order valence-corrected chi connectivity index (χ3v) is 3.70. The van der Waals surface area contributed by atoms with Gasteiger partial charge in [-0.05, 0) is 42.5 Å². The molecule has 0 saturated heterocycles. The topological polar surface area (TPSA) is 84.5 Å². The second-order valence-corrected chi connectivity index (χ2v) is 6.37. The maximum Gasteiger partial charge on any atom is 0.325 e. The molecule has 2 aromatic rings. The molecule has 0 spiro atoms. The number of anilines is 1. The van der Waals surface area contributed by atoms with Crippen molar-refractivity contribution >= 4 is 58.3 Å². The van der Waals surface area contributed by atoms with E-state index in [1.165, 1.54) is 30.3 Å². The lowest BCUT2D eigenvalue weighted by atomic mass is 10.2. The first-order valence-corrected chi connectivity index (χ1v) is 8.42. The number of amides is 2. The maximum absolute atomic E-state index is 11.8. The van der Waals surface area contributed by atoms with Gasteiger partial charge in [0.05, 0.1) is 0 Å². The van der Waals surface area contributed by atoms with E-state index in [0.717, 1.165) is 0 Å². The number of benzene rings is 2. The summed E-state index contributed by atoms with van der Waals surface area (Å²) >= 11 is 17.4. The van der Waals surface area contributed by atoms with Crippen LogP contribution in [-0.2, 0) is 14.3 Å². The monoisotopic (exact) mass is 414 g/mol. The van der Waals surface area contributed by atoms with Crippen molar-refractivity contribution in [3.8, 4) is 0 Å². The molecule has 0 unspecified atom stereocenters. The van der Waals surface area contributed by atoms with Gasteiger partial charge in [-0.25, -0.2) is 0 Å². The van der Waals surface area contributed by atoms with Gasteiger partial charge in [0.15, 0.2) is 6.61 Å². The zero-order valence-corrected chi connectivity index (χ0v) is 15.5. The smallest absolute Gasteiger partial charge is 0.325 e. The van der Waals surface area contributed by atoms with Gasteiger partial charge in [-0.2, -0.15) is 0 Å². The Bertz CT molecular complexity index is 805. The predicted molar refractivity (Wildman–Crippen MR) is 99.8 cm³/mol. The first-order chi connectivity index (χ1) is 12.3.